The molecule has 0 aliphatic rings. The maximum atomic E-state index is 13.4. The van der Waals surface area contributed by atoms with Gasteiger partial charge < -0.3 is 5.73 Å². The van der Waals surface area contributed by atoms with Gasteiger partial charge in [0, 0.05) is 0 Å². The first-order valence-electron chi connectivity index (χ1n) is 5.26. The minimum Gasteiger partial charge on any atom is -0.397 e. The molecule has 0 spiro atoms. The molecule has 0 atom stereocenters. The van der Waals surface area contributed by atoms with Crippen LogP contribution in [0.25, 0.3) is 0 Å². The normalized spacial score (nSPS) is 12.5. The Labute approximate surface area is 105 Å². The molecule has 1 aromatic carbocycles. The van der Waals surface area contributed by atoms with Gasteiger partial charge in [0.05, 0.1) is 11.4 Å². The number of anilines is 2. The summed E-state index contributed by atoms with van der Waals surface area (Å²) >= 11 is 0. The summed E-state index contributed by atoms with van der Waals surface area (Å²) in [4.78, 5) is 0. The molecule has 1 aromatic rings. The third kappa shape index (κ3) is 3.83. The van der Waals surface area contributed by atoms with Gasteiger partial charge in [-0.25, -0.2) is 17.2 Å². The average Bonchev–Trinajstić information content (AvgIpc) is 2.15. The van der Waals surface area contributed by atoms with E-state index >= 15 is 0 Å². The summed E-state index contributed by atoms with van der Waals surface area (Å²) in [5, 5.41) is 0. The smallest absolute Gasteiger partial charge is 0.233 e. The highest BCUT2D eigenvalue weighted by atomic mass is 32.2. The van der Waals surface area contributed by atoms with E-state index in [-0.39, 0.29) is 11.4 Å². The summed E-state index contributed by atoms with van der Waals surface area (Å²) in [7, 11) is -3.79. The molecule has 0 aliphatic carbocycles. The zero-order valence-electron chi connectivity index (χ0n) is 10.4. The van der Waals surface area contributed by atoms with E-state index in [1.165, 1.54) is 0 Å². The van der Waals surface area contributed by atoms with E-state index in [1.54, 1.807) is 20.8 Å². The van der Waals surface area contributed by atoms with E-state index in [0.717, 1.165) is 12.1 Å². The van der Waals surface area contributed by atoms with Crippen LogP contribution in [0.15, 0.2) is 12.1 Å². The van der Waals surface area contributed by atoms with Crippen molar-refractivity contribution in [2.75, 3.05) is 16.2 Å². The van der Waals surface area contributed by atoms with Crippen LogP contribution in [0.5, 0.6) is 0 Å². The van der Waals surface area contributed by atoms with Crippen LogP contribution in [0.4, 0.5) is 20.2 Å². The Morgan fingerprint density at radius 3 is 2.33 bits per heavy atom. The van der Waals surface area contributed by atoms with Crippen molar-refractivity contribution >= 4 is 21.4 Å². The van der Waals surface area contributed by atoms with E-state index in [2.05, 4.69) is 0 Å². The second-order valence-electron chi connectivity index (χ2n) is 5.25. The van der Waals surface area contributed by atoms with Crippen LogP contribution < -0.4 is 10.5 Å². The molecule has 0 saturated heterocycles. The quantitative estimate of drug-likeness (QED) is 0.833. The lowest BCUT2D eigenvalue weighted by atomic mass is 10.0. The highest BCUT2D eigenvalue weighted by molar-refractivity contribution is 7.92. The van der Waals surface area contributed by atoms with Gasteiger partial charge in [0.1, 0.15) is 5.69 Å². The number of sulfonamides is 1. The van der Waals surface area contributed by atoms with Gasteiger partial charge in [0.25, 0.3) is 0 Å². The maximum Gasteiger partial charge on any atom is 0.233 e. The SMILES string of the molecule is CC(C)(C)CS(=O)(=O)Nc1c(N)ccc(F)c1F. The van der Waals surface area contributed by atoms with Gasteiger partial charge in [-0.05, 0) is 17.5 Å². The molecule has 0 heterocycles. The van der Waals surface area contributed by atoms with Gasteiger partial charge in [-0.3, -0.25) is 4.72 Å². The zero-order chi connectivity index (χ0) is 14.1. The Kier molecular flexibility index (Phi) is 3.85. The predicted molar refractivity (Wildman–Crippen MR) is 67.6 cm³/mol. The molecule has 0 radical (unpaired) electrons. The van der Waals surface area contributed by atoms with Crippen molar-refractivity contribution in [2.24, 2.45) is 5.41 Å². The number of nitrogen functional groups attached to an aromatic ring is 1. The lowest BCUT2D eigenvalue weighted by Crippen LogP contribution is -2.27. The second kappa shape index (κ2) is 4.72. The highest BCUT2D eigenvalue weighted by Crippen LogP contribution is 2.27. The van der Waals surface area contributed by atoms with Crippen molar-refractivity contribution in [3.05, 3.63) is 23.8 Å². The van der Waals surface area contributed by atoms with Gasteiger partial charge in [0.2, 0.25) is 10.0 Å². The molecule has 1 rings (SSSR count). The lowest BCUT2D eigenvalue weighted by Gasteiger charge is -2.19. The van der Waals surface area contributed by atoms with E-state index in [1.807, 2.05) is 4.72 Å². The number of hydrogen-bond donors (Lipinski definition) is 2. The number of halogens is 2. The molecule has 0 saturated carbocycles. The largest absolute Gasteiger partial charge is 0.397 e. The first-order chi connectivity index (χ1) is 8.02. The third-order valence-electron chi connectivity index (χ3n) is 2.01. The fourth-order valence-corrected chi connectivity index (χ4v) is 3.16. The Morgan fingerprint density at radius 2 is 1.83 bits per heavy atom. The number of nitrogens with one attached hydrogen (secondary N) is 1. The molecule has 0 aromatic heterocycles. The van der Waals surface area contributed by atoms with Gasteiger partial charge in [-0.2, -0.15) is 0 Å². The van der Waals surface area contributed by atoms with Crippen molar-refractivity contribution < 1.29 is 17.2 Å². The molecule has 3 N–H and O–H groups in total. The minimum atomic E-state index is -3.79. The Balaban J connectivity index is 3.09. The molecular formula is C11H16F2N2O2S. The number of hydrogen-bond acceptors (Lipinski definition) is 3. The fourth-order valence-electron chi connectivity index (χ4n) is 1.43. The maximum absolute atomic E-state index is 13.4. The van der Waals surface area contributed by atoms with Gasteiger partial charge >= 0.3 is 0 Å². The van der Waals surface area contributed by atoms with Crippen molar-refractivity contribution in [3.8, 4) is 0 Å². The molecule has 0 amide bonds. The standard InChI is InChI=1S/C11H16F2N2O2S/c1-11(2,3)6-18(16,17)15-10-8(14)5-4-7(12)9(10)13/h4-5,15H,6,14H2,1-3H3. The monoisotopic (exact) mass is 278 g/mol. The van der Waals surface area contributed by atoms with Crippen LogP contribution in [0.1, 0.15) is 20.8 Å². The van der Waals surface area contributed by atoms with Crippen molar-refractivity contribution in [1.82, 2.24) is 0 Å². The number of benzene rings is 1. The first-order valence-corrected chi connectivity index (χ1v) is 6.91. The van der Waals surface area contributed by atoms with E-state index in [0.29, 0.717) is 0 Å². The van der Waals surface area contributed by atoms with E-state index < -0.39 is 32.8 Å². The van der Waals surface area contributed by atoms with Crippen molar-refractivity contribution in [3.63, 3.8) is 0 Å². The summed E-state index contributed by atoms with van der Waals surface area (Å²) in [6, 6.07) is 1.94. The summed E-state index contributed by atoms with van der Waals surface area (Å²) < 4.78 is 52.0. The summed E-state index contributed by atoms with van der Waals surface area (Å²) in [5.74, 6) is -2.68. The molecule has 0 fully saturated rings. The van der Waals surface area contributed by atoms with Crippen LogP contribution in [0, 0.1) is 17.0 Å². The van der Waals surface area contributed by atoms with Crippen molar-refractivity contribution in [2.45, 2.75) is 20.8 Å². The molecular weight excluding hydrogens is 262 g/mol. The Hall–Kier alpha value is -1.37. The molecule has 0 bridgehead atoms. The molecule has 102 valence electrons. The summed E-state index contributed by atoms with van der Waals surface area (Å²) in [6.45, 7) is 5.16. The van der Waals surface area contributed by atoms with Gasteiger partial charge in [-0.15, -0.1) is 0 Å². The molecule has 18 heavy (non-hydrogen) atoms. The third-order valence-corrected chi connectivity index (χ3v) is 3.77. The van der Waals surface area contributed by atoms with Gasteiger partial charge in [-0.1, -0.05) is 20.8 Å². The highest BCUT2D eigenvalue weighted by Gasteiger charge is 2.24. The van der Waals surface area contributed by atoms with Crippen molar-refractivity contribution in [1.29, 1.82) is 0 Å². The summed E-state index contributed by atoms with van der Waals surface area (Å²) in [6.07, 6.45) is 0. The number of nitrogens with two attached hydrogens (primary N) is 1. The lowest BCUT2D eigenvalue weighted by molar-refractivity contribution is 0.463. The Bertz CT molecular complexity index is 551. The van der Waals surface area contributed by atoms with Crippen LogP contribution in [-0.4, -0.2) is 14.2 Å². The van der Waals surface area contributed by atoms with Crippen LogP contribution in [0.3, 0.4) is 0 Å². The molecule has 4 nitrogen and oxygen atoms in total. The zero-order valence-corrected chi connectivity index (χ0v) is 11.2. The van der Waals surface area contributed by atoms with E-state index in [4.69, 9.17) is 5.73 Å². The fraction of sp³-hybridized carbons (Fsp3) is 0.455. The average molecular weight is 278 g/mol. The Morgan fingerprint density at radius 1 is 1.28 bits per heavy atom. The minimum absolute atomic E-state index is 0.161. The molecule has 0 unspecified atom stereocenters. The van der Waals surface area contributed by atoms with Crippen LogP contribution in [-0.2, 0) is 10.0 Å². The second-order valence-corrected chi connectivity index (χ2v) is 6.97. The first kappa shape index (κ1) is 14.7. The van der Waals surface area contributed by atoms with Gasteiger partial charge in [0.15, 0.2) is 11.6 Å². The molecule has 7 heteroatoms. The predicted octanol–water partition coefficient (Wildman–Crippen LogP) is 2.33. The van der Waals surface area contributed by atoms with Crippen LogP contribution in [0.2, 0.25) is 0 Å². The topological polar surface area (TPSA) is 72.2 Å². The summed E-state index contributed by atoms with van der Waals surface area (Å²) in [5.41, 5.74) is 4.21. The number of rotatable bonds is 3. The van der Waals surface area contributed by atoms with Crippen LogP contribution >= 0.6 is 0 Å². The molecule has 0 aliphatic heterocycles. The van der Waals surface area contributed by atoms with E-state index in [9.17, 15) is 17.2 Å².